The van der Waals surface area contributed by atoms with Gasteiger partial charge in [-0.15, -0.1) is 0 Å². The molecule has 0 aliphatic heterocycles. The van der Waals surface area contributed by atoms with Gasteiger partial charge in [-0.25, -0.2) is 9.59 Å². The van der Waals surface area contributed by atoms with E-state index < -0.39 is 5.97 Å². The topological polar surface area (TPSA) is 69.6 Å². The SMILES string of the molecule is Cc1cc(NC(=O)N(CC(C)C)C(C)C)ccc1C(=O)O. The zero-order valence-corrected chi connectivity index (χ0v) is 13.3. The van der Waals surface area contributed by atoms with Gasteiger partial charge in [0.1, 0.15) is 0 Å². The molecule has 0 bridgehead atoms. The molecule has 116 valence electrons. The van der Waals surface area contributed by atoms with Gasteiger partial charge in [-0.2, -0.15) is 0 Å². The quantitative estimate of drug-likeness (QED) is 0.871. The first kappa shape index (κ1) is 17.0. The number of urea groups is 1. The van der Waals surface area contributed by atoms with E-state index in [4.69, 9.17) is 5.11 Å². The lowest BCUT2D eigenvalue weighted by atomic mass is 10.1. The summed E-state index contributed by atoms with van der Waals surface area (Å²) in [7, 11) is 0. The van der Waals surface area contributed by atoms with Gasteiger partial charge in [0.05, 0.1) is 5.56 Å². The zero-order valence-electron chi connectivity index (χ0n) is 13.3. The molecule has 0 spiro atoms. The molecule has 5 heteroatoms. The van der Waals surface area contributed by atoms with Crippen LogP contribution in [0.5, 0.6) is 0 Å². The van der Waals surface area contributed by atoms with Crippen LogP contribution in [0.15, 0.2) is 18.2 Å². The molecule has 0 saturated carbocycles. The molecule has 2 N–H and O–H groups in total. The predicted molar refractivity (Wildman–Crippen MR) is 83.8 cm³/mol. The minimum absolute atomic E-state index is 0.104. The van der Waals surface area contributed by atoms with Crippen molar-refractivity contribution >= 4 is 17.7 Å². The number of hydrogen-bond donors (Lipinski definition) is 2. The molecule has 0 aromatic heterocycles. The summed E-state index contributed by atoms with van der Waals surface area (Å²) in [5, 5.41) is 11.8. The fourth-order valence-corrected chi connectivity index (χ4v) is 2.10. The maximum absolute atomic E-state index is 12.3. The van der Waals surface area contributed by atoms with E-state index in [1.54, 1.807) is 24.0 Å². The monoisotopic (exact) mass is 292 g/mol. The Morgan fingerprint density at radius 3 is 2.29 bits per heavy atom. The van der Waals surface area contributed by atoms with Crippen LogP contribution in [-0.4, -0.2) is 34.6 Å². The van der Waals surface area contributed by atoms with Crippen molar-refractivity contribution < 1.29 is 14.7 Å². The normalized spacial score (nSPS) is 10.8. The molecule has 0 radical (unpaired) electrons. The number of aryl methyl sites for hydroxylation is 1. The molecule has 1 aromatic rings. The molecular weight excluding hydrogens is 268 g/mol. The Morgan fingerprint density at radius 2 is 1.86 bits per heavy atom. The van der Waals surface area contributed by atoms with Crippen molar-refractivity contribution in [3.63, 3.8) is 0 Å². The maximum atomic E-state index is 12.3. The number of carbonyl (C=O) groups excluding carboxylic acids is 1. The highest BCUT2D eigenvalue weighted by atomic mass is 16.4. The lowest BCUT2D eigenvalue weighted by Gasteiger charge is -2.28. The Labute approximate surface area is 126 Å². The Balaban J connectivity index is 2.86. The first-order valence-electron chi connectivity index (χ1n) is 7.14. The molecule has 2 amide bonds. The van der Waals surface area contributed by atoms with Gasteiger partial charge in [0, 0.05) is 18.3 Å². The van der Waals surface area contributed by atoms with Gasteiger partial charge in [-0.05, 0) is 50.5 Å². The second-order valence-electron chi connectivity index (χ2n) is 5.90. The minimum Gasteiger partial charge on any atom is -0.478 e. The van der Waals surface area contributed by atoms with Crippen LogP contribution in [0.3, 0.4) is 0 Å². The van der Waals surface area contributed by atoms with Crippen LogP contribution >= 0.6 is 0 Å². The largest absolute Gasteiger partial charge is 0.478 e. The van der Waals surface area contributed by atoms with Crippen LogP contribution in [0.1, 0.15) is 43.6 Å². The van der Waals surface area contributed by atoms with E-state index in [9.17, 15) is 9.59 Å². The van der Waals surface area contributed by atoms with Gasteiger partial charge >= 0.3 is 12.0 Å². The van der Waals surface area contributed by atoms with Crippen molar-refractivity contribution in [3.05, 3.63) is 29.3 Å². The standard InChI is InChI=1S/C16H24N2O3/c1-10(2)9-18(11(3)4)16(21)17-13-6-7-14(15(19)20)12(5)8-13/h6-8,10-11H,9H2,1-5H3,(H,17,21)(H,19,20). The van der Waals surface area contributed by atoms with Crippen LogP contribution in [0, 0.1) is 12.8 Å². The molecule has 0 aliphatic rings. The number of carbonyl (C=O) groups is 2. The van der Waals surface area contributed by atoms with Gasteiger partial charge in [0.15, 0.2) is 0 Å². The molecule has 21 heavy (non-hydrogen) atoms. The molecule has 5 nitrogen and oxygen atoms in total. The smallest absolute Gasteiger partial charge is 0.335 e. The Kier molecular flexibility index (Phi) is 5.76. The van der Waals surface area contributed by atoms with Crippen LogP contribution in [0.25, 0.3) is 0 Å². The van der Waals surface area contributed by atoms with Gasteiger partial charge in [-0.1, -0.05) is 13.8 Å². The van der Waals surface area contributed by atoms with E-state index in [-0.39, 0.29) is 17.6 Å². The van der Waals surface area contributed by atoms with Gasteiger partial charge in [-0.3, -0.25) is 0 Å². The summed E-state index contributed by atoms with van der Waals surface area (Å²) in [5.74, 6) is -0.580. The number of carboxylic acid groups (broad SMARTS) is 1. The van der Waals surface area contributed by atoms with Crippen LogP contribution in [-0.2, 0) is 0 Å². The van der Waals surface area contributed by atoms with Crippen LogP contribution in [0.4, 0.5) is 10.5 Å². The minimum atomic E-state index is -0.964. The van der Waals surface area contributed by atoms with Crippen molar-refractivity contribution in [1.29, 1.82) is 0 Å². The molecule has 0 saturated heterocycles. The van der Waals surface area contributed by atoms with E-state index >= 15 is 0 Å². The second kappa shape index (κ2) is 7.11. The first-order chi connectivity index (χ1) is 9.72. The first-order valence-corrected chi connectivity index (χ1v) is 7.14. The molecule has 1 aromatic carbocycles. The fourth-order valence-electron chi connectivity index (χ4n) is 2.10. The van der Waals surface area contributed by atoms with Gasteiger partial charge < -0.3 is 15.3 Å². The lowest BCUT2D eigenvalue weighted by molar-refractivity contribution is 0.0696. The number of benzene rings is 1. The summed E-state index contributed by atoms with van der Waals surface area (Å²) >= 11 is 0. The number of rotatable bonds is 5. The number of anilines is 1. The zero-order chi connectivity index (χ0) is 16.2. The fraction of sp³-hybridized carbons (Fsp3) is 0.500. The van der Waals surface area contributed by atoms with E-state index in [0.29, 0.717) is 23.7 Å². The Bertz CT molecular complexity index is 524. The second-order valence-corrected chi connectivity index (χ2v) is 5.90. The number of nitrogens with zero attached hydrogens (tertiary/aromatic N) is 1. The van der Waals surface area contributed by atoms with Crippen molar-refractivity contribution in [2.45, 2.75) is 40.7 Å². The van der Waals surface area contributed by atoms with Crippen molar-refractivity contribution in [1.82, 2.24) is 4.90 Å². The van der Waals surface area contributed by atoms with E-state index in [0.717, 1.165) is 0 Å². The van der Waals surface area contributed by atoms with E-state index in [2.05, 4.69) is 19.2 Å². The number of hydrogen-bond acceptors (Lipinski definition) is 2. The summed E-state index contributed by atoms with van der Waals surface area (Å²) < 4.78 is 0. The Morgan fingerprint density at radius 1 is 1.24 bits per heavy atom. The summed E-state index contributed by atoms with van der Waals surface area (Å²) in [6.07, 6.45) is 0. The third-order valence-electron chi connectivity index (χ3n) is 3.15. The number of aromatic carboxylic acids is 1. The van der Waals surface area contributed by atoms with E-state index in [1.165, 1.54) is 6.07 Å². The third-order valence-corrected chi connectivity index (χ3v) is 3.15. The van der Waals surface area contributed by atoms with Crippen LogP contribution in [0.2, 0.25) is 0 Å². The maximum Gasteiger partial charge on any atom is 0.335 e. The molecular formula is C16H24N2O3. The van der Waals surface area contributed by atoms with Gasteiger partial charge in [0.2, 0.25) is 0 Å². The Hall–Kier alpha value is -2.04. The number of carboxylic acids is 1. The average molecular weight is 292 g/mol. The highest BCUT2D eigenvalue weighted by Crippen LogP contribution is 2.16. The molecule has 0 atom stereocenters. The highest BCUT2D eigenvalue weighted by molar-refractivity contribution is 5.92. The highest BCUT2D eigenvalue weighted by Gasteiger charge is 2.18. The molecule has 1 rings (SSSR count). The molecule has 0 aliphatic carbocycles. The molecule has 0 heterocycles. The third kappa shape index (κ3) is 4.77. The van der Waals surface area contributed by atoms with Crippen molar-refractivity contribution in [2.75, 3.05) is 11.9 Å². The molecule has 0 unspecified atom stereocenters. The summed E-state index contributed by atoms with van der Waals surface area (Å²) in [4.78, 5) is 25.1. The number of nitrogens with one attached hydrogen (secondary N) is 1. The van der Waals surface area contributed by atoms with E-state index in [1.807, 2.05) is 13.8 Å². The summed E-state index contributed by atoms with van der Waals surface area (Å²) in [6.45, 7) is 10.5. The van der Waals surface area contributed by atoms with Crippen LogP contribution < -0.4 is 5.32 Å². The molecule has 0 fully saturated rings. The lowest BCUT2D eigenvalue weighted by Crippen LogP contribution is -2.42. The summed E-state index contributed by atoms with van der Waals surface area (Å²) in [6, 6.07) is 4.74. The van der Waals surface area contributed by atoms with Crippen molar-refractivity contribution in [3.8, 4) is 0 Å². The number of amides is 2. The summed E-state index contributed by atoms with van der Waals surface area (Å²) in [5.41, 5.74) is 1.48. The van der Waals surface area contributed by atoms with Crippen molar-refractivity contribution in [2.24, 2.45) is 5.92 Å². The average Bonchev–Trinajstić information content (AvgIpc) is 2.34. The predicted octanol–water partition coefficient (Wildman–Crippen LogP) is 3.59. The van der Waals surface area contributed by atoms with Gasteiger partial charge in [0.25, 0.3) is 0 Å².